The molecular formula is C18H24N4O2. The van der Waals surface area contributed by atoms with E-state index in [2.05, 4.69) is 15.3 Å². The van der Waals surface area contributed by atoms with Crippen LogP contribution in [0.15, 0.2) is 36.7 Å². The molecule has 6 nitrogen and oxygen atoms in total. The van der Waals surface area contributed by atoms with E-state index in [9.17, 15) is 4.79 Å². The number of amides is 1. The van der Waals surface area contributed by atoms with E-state index in [1.54, 1.807) is 4.68 Å². The van der Waals surface area contributed by atoms with E-state index in [0.29, 0.717) is 13.2 Å². The molecule has 128 valence electrons. The average Bonchev–Trinajstić information content (AvgIpc) is 3.20. The quantitative estimate of drug-likeness (QED) is 0.820. The van der Waals surface area contributed by atoms with E-state index in [0.717, 1.165) is 36.3 Å². The number of nitrogens with zero attached hydrogens (tertiary/aromatic N) is 3. The predicted molar refractivity (Wildman–Crippen MR) is 92.8 cm³/mol. The van der Waals surface area contributed by atoms with Crippen LogP contribution in [0.5, 0.6) is 5.75 Å². The standard InChI is InChI=1S/C18H24N4O2/c1-21-9-4-7-17(21)18(23)19-8-10-24-16-6-3-5-14(11-16)15-12-20-22(2)13-15/h3,5-6,11-13,17H,4,7-10H2,1-2H3,(H,19,23). The molecule has 0 spiro atoms. The molecule has 1 atom stereocenters. The van der Waals surface area contributed by atoms with Crippen LogP contribution in [0.2, 0.25) is 0 Å². The summed E-state index contributed by atoms with van der Waals surface area (Å²) in [6.45, 7) is 1.97. The molecule has 1 aliphatic heterocycles. The van der Waals surface area contributed by atoms with Gasteiger partial charge in [-0.1, -0.05) is 12.1 Å². The van der Waals surface area contributed by atoms with Crippen LogP contribution in [0.4, 0.5) is 0 Å². The van der Waals surface area contributed by atoms with Crippen molar-refractivity contribution in [3.8, 4) is 16.9 Å². The van der Waals surface area contributed by atoms with Crippen LogP contribution in [0.1, 0.15) is 12.8 Å². The van der Waals surface area contributed by atoms with Crippen LogP contribution in [0.3, 0.4) is 0 Å². The van der Waals surface area contributed by atoms with Gasteiger partial charge in [-0.25, -0.2) is 0 Å². The van der Waals surface area contributed by atoms with Gasteiger partial charge in [-0.2, -0.15) is 5.10 Å². The zero-order valence-corrected chi connectivity index (χ0v) is 14.2. The Balaban J connectivity index is 1.48. The highest BCUT2D eigenvalue weighted by atomic mass is 16.5. The highest BCUT2D eigenvalue weighted by Crippen LogP contribution is 2.23. The maximum atomic E-state index is 12.1. The van der Waals surface area contributed by atoms with Gasteiger partial charge in [0, 0.05) is 18.8 Å². The Labute approximate surface area is 142 Å². The van der Waals surface area contributed by atoms with E-state index in [1.165, 1.54) is 0 Å². The van der Waals surface area contributed by atoms with E-state index < -0.39 is 0 Å². The van der Waals surface area contributed by atoms with Crippen LogP contribution in [0.25, 0.3) is 11.1 Å². The number of nitrogens with one attached hydrogen (secondary N) is 1. The number of rotatable bonds is 6. The Hall–Kier alpha value is -2.34. The minimum atomic E-state index is 0.0129. The Bertz CT molecular complexity index is 698. The van der Waals surface area contributed by atoms with Crippen LogP contribution in [0, 0.1) is 0 Å². The molecule has 0 saturated carbocycles. The fourth-order valence-electron chi connectivity index (χ4n) is 3.04. The van der Waals surface area contributed by atoms with E-state index in [1.807, 2.05) is 50.8 Å². The van der Waals surface area contributed by atoms with Crippen molar-refractivity contribution in [1.29, 1.82) is 0 Å². The summed E-state index contributed by atoms with van der Waals surface area (Å²) in [5.74, 6) is 0.895. The second kappa shape index (κ2) is 7.49. The SMILES string of the molecule is CN1CCCC1C(=O)NCCOc1cccc(-c2cnn(C)c2)c1. The van der Waals surface area contributed by atoms with Gasteiger partial charge in [0.1, 0.15) is 12.4 Å². The van der Waals surface area contributed by atoms with Crippen LogP contribution in [-0.2, 0) is 11.8 Å². The molecule has 0 bridgehead atoms. The summed E-state index contributed by atoms with van der Waals surface area (Å²) in [6.07, 6.45) is 5.83. The van der Waals surface area contributed by atoms with Crippen molar-refractivity contribution in [3.63, 3.8) is 0 Å². The second-order valence-corrected chi connectivity index (χ2v) is 6.21. The molecule has 0 aliphatic carbocycles. The fraction of sp³-hybridized carbons (Fsp3) is 0.444. The van der Waals surface area contributed by atoms with Crippen LogP contribution >= 0.6 is 0 Å². The van der Waals surface area contributed by atoms with Gasteiger partial charge in [0.25, 0.3) is 0 Å². The number of carbonyl (C=O) groups is 1. The lowest BCUT2D eigenvalue weighted by Crippen LogP contribution is -2.42. The van der Waals surface area contributed by atoms with Gasteiger partial charge in [-0.15, -0.1) is 0 Å². The number of hydrogen-bond donors (Lipinski definition) is 1. The topological polar surface area (TPSA) is 59.4 Å². The molecule has 6 heteroatoms. The first-order valence-corrected chi connectivity index (χ1v) is 8.33. The Morgan fingerprint density at radius 2 is 2.25 bits per heavy atom. The van der Waals surface area contributed by atoms with Gasteiger partial charge < -0.3 is 10.1 Å². The fourth-order valence-corrected chi connectivity index (χ4v) is 3.04. The van der Waals surface area contributed by atoms with Gasteiger partial charge >= 0.3 is 0 Å². The third kappa shape index (κ3) is 3.94. The highest BCUT2D eigenvalue weighted by Gasteiger charge is 2.27. The van der Waals surface area contributed by atoms with Crippen molar-refractivity contribution in [2.45, 2.75) is 18.9 Å². The number of hydrogen-bond acceptors (Lipinski definition) is 4. The molecule has 1 aliphatic rings. The van der Waals surface area contributed by atoms with Crippen LogP contribution < -0.4 is 10.1 Å². The molecule has 1 fully saturated rings. The summed E-state index contributed by atoms with van der Waals surface area (Å²) in [5, 5.41) is 7.14. The van der Waals surface area contributed by atoms with Crippen molar-refractivity contribution >= 4 is 5.91 Å². The van der Waals surface area contributed by atoms with Crippen molar-refractivity contribution in [1.82, 2.24) is 20.0 Å². The van der Waals surface area contributed by atoms with Gasteiger partial charge in [-0.3, -0.25) is 14.4 Å². The van der Waals surface area contributed by atoms with Crippen molar-refractivity contribution in [3.05, 3.63) is 36.7 Å². The van der Waals surface area contributed by atoms with Crippen LogP contribution in [-0.4, -0.2) is 53.4 Å². The first-order valence-electron chi connectivity index (χ1n) is 8.33. The van der Waals surface area contributed by atoms with Crippen molar-refractivity contribution < 1.29 is 9.53 Å². The molecule has 2 aromatic rings. The van der Waals surface area contributed by atoms with E-state index in [4.69, 9.17) is 4.74 Å². The zero-order valence-electron chi connectivity index (χ0n) is 14.2. The molecule has 2 heterocycles. The first-order chi connectivity index (χ1) is 11.6. The summed E-state index contributed by atoms with van der Waals surface area (Å²) in [7, 11) is 3.89. The Morgan fingerprint density at radius 3 is 2.96 bits per heavy atom. The molecule has 3 rings (SSSR count). The minimum absolute atomic E-state index is 0.0129. The summed E-state index contributed by atoms with van der Waals surface area (Å²) >= 11 is 0. The molecule has 1 saturated heterocycles. The zero-order chi connectivity index (χ0) is 16.9. The number of aromatic nitrogens is 2. The third-order valence-electron chi connectivity index (χ3n) is 4.37. The van der Waals surface area contributed by atoms with E-state index >= 15 is 0 Å². The maximum absolute atomic E-state index is 12.1. The first kappa shape index (κ1) is 16.5. The third-order valence-corrected chi connectivity index (χ3v) is 4.37. The Kier molecular flexibility index (Phi) is 5.15. The average molecular weight is 328 g/mol. The van der Waals surface area contributed by atoms with Crippen molar-refractivity contribution in [2.75, 3.05) is 26.7 Å². The maximum Gasteiger partial charge on any atom is 0.237 e. The summed E-state index contributed by atoms with van der Waals surface area (Å²) in [5.41, 5.74) is 2.12. The molecule has 24 heavy (non-hydrogen) atoms. The number of benzene rings is 1. The molecule has 1 aromatic carbocycles. The molecular weight excluding hydrogens is 304 g/mol. The lowest BCUT2D eigenvalue weighted by molar-refractivity contribution is -0.125. The number of carbonyl (C=O) groups excluding carboxylic acids is 1. The number of ether oxygens (including phenoxy) is 1. The van der Waals surface area contributed by atoms with Gasteiger partial charge in [-0.05, 0) is 44.1 Å². The smallest absolute Gasteiger partial charge is 0.237 e. The number of aryl methyl sites for hydroxylation is 1. The summed E-state index contributed by atoms with van der Waals surface area (Å²) in [4.78, 5) is 14.2. The Morgan fingerprint density at radius 1 is 1.38 bits per heavy atom. The normalized spacial score (nSPS) is 17.8. The lowest BCUT2D eigenvalue weighted by Gasteiger charge is -2.18. The highest BCUT2D eigenvalue weighted by molar-refractivity contribution is 5.81. The number of likely N-dealkylation sites (tertiary alicyclic amines) is 1. The van der Waals surface area contributed by atoms with Gasteiger partial charge in [0.2, 0.25) is 5.91 Å². The predicted octanol–water partition coefficient (Wildman–Crippen LogP) is 1.68. The largest absolute Gasteiger partial charge is 0.492 e. The molecule has 1 aromatic heterocycles. The minimum Gasteiger partial charge on any atom is -0.492 e. The van der Waals surface area contributed by atoms with Gasteiger partial charge in [0.05, 0.1) is 18.8 Å². The monoisotopic (exact) mass is 328 g/mol. The molecule has 1 unspecified atom stereocenters. The summed E-state index contributed by atoms with van der Waals surface area (Å²) in [6, 6.07) is 7.92. The molecule has 0 radical (unpaired) electrons. The van der Waals surface area contributed by atoms with E-state index in [-0.39, 0.29) is 11.9 Å². The number of likely N-dealkylation sites (N-methyl/N-ethyl adjacent to an activating group) is 1. The lowest BCUT2D eigenvalue weighted by atomic mass is 10.1. The van der Waals surface area contributed by atoms with Gasteiger partial charge in [0.15, 0.2) is 0 Å². The van der Waals surface area contributed by atoms with Crippen molar-refractivity contribution in [2.24, 2.45) is 7.05 Å². The molecule has 1 amide bonds. The second-order valence-electron chi connectivity index (χ2n) is 6.21. The summed E-state index contributed by atoms with van der Waals surface area (Å²) < 4.78 is 7.54. The molecule has 1 N–H and O–H groups in total.